The highest BCUT2D eigenvalue weighted by Crippen LogP contribution is 2.24. The average molecular weight is 425 g/mol. The van der Waals surface area contributed by atoms with Gasteiger partial charge in [-0.2, -0.15) is 0 Å². The van der Waals surface area contributed by atoms with E-state index in [-0.39, 0.29) is 35.4 Å². The predicted octanol–water partition coefficient (Wildman–Crippen LogP) is 2.59. The molecule has 0 spiro atoms. The van der Waals surface area contributed by atoms with E-state index in [1.807, 2.05) is 6.92 Å². The van der Waals surface area contributed by atoms with Crippen molar-refractivity contribution >= 4 is 35.3 Å². The van der Waals surface area contributed by atoms with Crippen LogP contribution in [0.5, 0.6) is 0 Å². The van der Waals surface area contributed by atoms with Gasteiger partial charge >= 0.3 is 0 Å². The first-order valence-corrected chi connectivity index (χ1v) is 11.3. The average Bonchev–Trinajstić information content (AvgIpc) is 3.10. The summed E-state index contributed by atoms with van der Waals surface area (Å²) >= 11 is 1.28. The van der Waals surface area contributed by atoms with E-state index >= 15 is 0 Å². The zero-order valence-corrected chi connectivity index (χ0v) is 18.5. The molecule has 3 atom stereocenters. The topological polar surface area (TPSA) is 105 Å². The molecule has 3 unspecified atom stereocenters. The molecule has 2 N–H and O–H groups in total. The lowest BCUT2D eigenvalue weighted by atomic mass is 9.92. The van der Waals surface area contributed by atoms with Gasteiger partial charge in [-0.15, -0.1) is 11.8 Å². The number of rotatable bonds is 9. The Morgan fingerprint density at radius 3 is 2.79 bits per heavy atom. The van der Waals surface area contributed by atoms with Crippen molar-refractivity contribution in [2.75, 3.05) is 24.2 Å². The maximum Gasteiger partial charge on any atom is 0.238 e. The molecule has 162 valence electrons. The normalized spacial score (nSPS) is 20.2. The molecular weight excluding hydrogens is 392 g/mol. The minimum Gasteiger partial charge on any atom is -0.360 e. The molecule has 2 rings (SSSR count). The zero-order valence-electron chi connectivity index (χ0n) is 17.7. The fourth-order valence-corrected chi connectivity index (χ4v) is 3.98. The Morgan fingerprint density at radius 2 is 2.14 bits per heavy atom. The van der Waals surface area contributed by atoms with E-state index in [9.17, 15) is 14.4 Å². The van der Waals surface area contributed by atoms with Gasteiger partial charge in [-0.25, -0.2) is 0 Å². The molecule has 0 saturated carbocycles. The minimum absolute atomic E-state index is 0.0338. The predicted molar refractivity (Wildman–Crippen MR) is 114 cm³/mol. The molecule has 1 aromatic heterocycles. The molecule has 1 fully saturated rings. The van der Waals surface area contributed by atoms with Gasteiger partial charge in [0, 0.05) is 25.2 Å². The molecule has 0 bridgehead atoms. The van der Waals surface area contributed by atoms with Gasteiger partial charge in [-0.3, -0.25) is 14.4 Å². The van der Waals surface area contributed by atoms with Crippen molar-refractivity contribution in [2.45, 2.75) is 64.7 Å². The van der Waals surface area contributed by atoms with Crippen LogP contribution in [0.4, 0.5) is 5.82 Å². The third kappa shape index (κ3) is 7.06. The van der Waals surface area contributed by atoms with Gasteiger partial charge in [0.25, 0.3) is 0 Å². The van der Waals surface area contributed by atoms with Crippen LogP contribution >= 0.6 is 11.8 Å². The zero-order chi connectivity index (χ0) is 21.4. The Labute approximate surface area is 176 Å². The molecule has 29 heavy (non-hydrogen) atoms. The number of piperidine rings is 1. The number of nitrogens with zero attached hydrogens (tertiary/aromatic N) is 2. The largest absolute Gasteiger partial charge is 0.360 e. The number of carbonyl (C=O) groups excluding carboxylic acids is 3. The molecule has 3 amide bonds. The van der Waals surface area contributed by atoms with E-state index < -0.39 is 5.25 Å². The van der Waals surface area contributed by atoms with Gasteiger partial charge in [0.2, 0.25) is 17.7 Å². The standard InChI is InChI=1S/C20H32N4O4S/c1-5-6-9-21-20(27)16-8-7-13(2)24(11-16)18(25)12-29-15(4)19(26)22-17-10-14(3)28-23-17/h10,13,15-16H,5-9,11-12H2,1-4H3,(H,21,27)(H,22,23,26). The minimum atomic E-state index is -0.413. The van der Waals surface area contributed by atoms with Gasteiger partial charge in [-0.1, -0.05) is 18.5 Å². The van der Waals surface area contributed by atoms with Crippen molar-refractivity contribution in [1.29, 1.82) is 0 Å². The quantitative estimate of drug-likeness (QED) is 0.591. The smallest absolute Gasteiger partial charge is 0.238 e. The van der Waals surface area contributed by atoms with E-state index in [0.29, 0.717) is 24.7 Å². The van der Waals surface area contributed by atoms with Gasteiger partial charge < -0.3 is 20.1 Å². The van der Waals surface area contributed by atoms with Crippen LogP contribution in [0.1, 0.15) is 52.2 Å². The van der Waals surface area contributed by atoms with Crippen molar-refractivity contribution in [1.82, 2.24) is 15.4 Å². The van der Waals surface area contributed by atoms with Gasteiger partial charge in [0.1, 0.15) is 5.76 Å². The highest BCUT2D eigenvalue weighted by molar-refractivity contribution is 8.01. The Morgan fingerprint density at radius 1 is 1.38 bits per heavy atom. The highest BCUT2D eigenvalue weighted by atomic mass is 32.2. The summed E-state index contributed by atoms with van der Waals surface area (Å²) in [5.41, 5.74) is 0. The number of thioether (sulfide) groups is 1. The van der Waals surface area contributed by atoms with E-state index in [1.54, 1.807) is 24.8 Å². The molecular formula is C20H32N4O4S. The van der Waals surface area contributed by atoms with Gasteiger partial charge in [0.15, 0.2) is 5.82 Å². The molecule has 9 heteroatoms. The summed E-state index contributed by atoms with van der Waals surface area (Å²) in [6.07, 6.45) is 3.60. The Bertz CT molecular complexity index is 708. The van der Waals surface area contributed by atoms with Crippen LogP contribution in [0.25, 0.3) is 0 Å². The van der Waals surface area contributed by atoms with Crippen LogP contribution in [-0.2, 0) is 14.4 Å². The SMILES string of the molecule is CCCCNC(=O)C1CCC(C)N(C(=O)CSC(C)C(=O)Nc2cc(C)on2)C1. The number of nitrogens with one attached hydrogen (secondary N) is 2. The number of anilines is 1. The number of hydrogen-bond acceptors (Lipinski definition) is 6. The van der Waals surface area contributed by atoms with Crippen molar-refractivity contribution in [3.8, 4) is 0 Å². The lowest BCUT2D eigenvalue weighted by Crippen LogP contribution is -2.50. The number of amides is 3. The number of hydrogen-bond donors (Lipinski definition) is 2. The Hall–Kier alpha value is -2.03. The first-order valence-electron chi connectivity index (χ1n) is 10.2. The molecule has 8 nitrogen and oxygen atoms in total. The van der Waals surface area contributed by atoms with E-state index in [2.05, 4.69) is 22.7 Å². The molecule has 1 aliphatic rings. The molecule has 2 heterocycles. The van der Waals surface area contributed by atoms with Gasteiger partial charge in [-0.05, 0) is 40.0 Å². The monoisotopic (exact) mass is 424 g/mol. The number of aryl methyl sites for hydroxylation is 1. The fraction of sp³-hybridized carbons (Fsp3) is 0.700. The lowest BCUT2D eigenvalue weighted by Gasteiger charge is -2.37. The van der Waals surface area contributed by atoms with Crippen LogP contribution in [0.15, 0.2) is 10.6 Å². The molecule has 0 aromatic carbocycles. The highest BCUT2D eigenvalue weighted by Gasteiger charge is 2.32. The number of unbranched alkanes of at least 4 members (excludes halogenated alkanes) is 1. The summed E-state index contributed by atoms with van der Waals surface area (Å²) < 4.78 is 4.93. The molecule has 0 radical (unpaired) electrons. The lowest BCUT2D eigenvalue weighted by molar-refractivity contribution is -0.136. The second-order valence-corrected chi connectivity index (χ2v) is 8.91. The van der Waals surface area contributed by atoms with Crippen molar-refractivity contribution in [2.24, 2.45) is 5.92 Å². The third-order valence-electron chi connectivity index (χ3n) is 5.11. The summed E-state index contributed by atoms with van der Waals surface area (Å²) in [5.74, 6) is 0.790. The molecule has 1 saturated heterocycles. The van der Waals surface area contributed by atoms with Crippen LogP contribution in [-0.4, -0.2) is 57.9 Å². The van der Waals surface area contributed by atoms with Crippen molar-refractivity contribution < 1.29 is 18.9 Å². The maximum atomic E-state index is 12.7. The summed E-state index contributed by atoms with van der Waals surface area (Å²) in [6, 6.07) is 1.74. The van der Waals surface area contributed by atoms with Gasteiger partial charge in [0.05, 0.1) is 16.9 Å². The van der Waals surface area contributed by atoms with Crippen LogP contribution in [0.2, 0.25) is 0 Å². The fourth-order valence-electron chi connectivity index (χ4n) is 3.21. The van der Waals surface area contributed by atoms with Crippen molar-refractivity contribution in [3.05, 3.63) is 11.8 Å². The van der Waals surface area contributed by atoms with Crippen LogP contribution < -0.4 is 10.6 Å². The Balaban J connectivity index is 1.81. The second-order valence-electron chi connectivity index (χ2n) is 7.58. The Kier molecular flexibility index (Phi) is 9.00. The van der Waals surface area contributed by atoms with Crippen molar-refractivity contribution in [3.63, 3.8) is 0 Å². The second kappa shape index (κ2) is 11.2. The molecule has 0 aliphatic carbocycles. The van der Waals surface area contributed by atoms with Crippen LogP contribution in [0, 0.1) is 12.8 Å². The maximum absolute atomic E-state index is 12.7. The summed E-state index contributed by atoms with van der Waals surface area (Å²) in [6.45, 7) is 8.72. The summed E-state index contributed by atoms with van der Waals surface area (Å²) in [7, 11) is 0. The number of carbonyl (C=O) groups is 3. The van der Waals surface area contributed by atoms with Crippen LogP contribution in [0.3, 0.4) is 0 Å². The summed E-state index contributed by atoms with van der Waals surface area (Å²) in [5, 5.41) is 8.97. The number of likely N-dealkylation sites (tertiary alicyclic amines) is 1. The first-order chi connectivity index (χ1) is 13.8. The summed E-state index contributed by atoms with van der Waals surface area (Å²) in [4.78, 5) is 39.1. The number of aromatic nitrogens is 1. The third-order valence-corrected chi connectivity index (χ3v) is 6.24. The van der Waals surface area contributed by atoms with E-state index in [1.165, 1.54) is 11.8 Å². The van der Waals surface area contributed by atoms with E-state index in [4.69, 9.17) is 4.52 Å². The first kappa shape index (κ1) is 23.3. The molecule has 1 aliphatic heterocycles. The van der Waals surface area contributed by atoms with E-state index in [0.717, 1.165) is 25.7 Å². The molecule has 1 aromatic rings.